The fourth-order valence-electron chi connectivity index (χ4n) is 8.31. The van der Waals surface area contributed by atoms with Crippen LogP contribution in [0.2, 0.25) is 0 Å². The molecule has 0 heterocycles. The zero-order valence-corrected chi connectivity index (χ0v) is 50.8. The molecule has 0 aromatic rings. The highest BCUT2D eigenvalue weighted by Gasteiger charge is 2.19. The second-order valence-corrected chi connectivity index (χ2v) is 20.6. The van der Waals surface area contributed by atoms with Crippen molar-refractivity contribution in [3.05, 3.63) is 158 Å². The average Bonchev–Trinajstić information content (AvgIpc) is 3.45. The van der Waals surface area contributed by atoms with Gasteiger partial charge in [-0.25, -0.2) is 0 Å². The molecule has 0 aromatic carbocycles. The molecule has 1 unspecified atom stereocenters. The van der Waals surface area contributed by atoms with Crippen molar-refractivity contribution in [1.29, 1.82) is 0 Å². The SMILES string of the molecule is CC/C=C\C/C=C\C/C=C\C/C=C\C/C=C\C/C=C\C/C=C\CCCCCC(=O)OCC(COC(=O)CCCCCCCCCCCCC)OC(=O)CCCCCCCC/C=C\C/C=C\C/C=C\C/C=C\C/C=C\C/C=C\CC. The van der Waals surface area contributed by atoms with Crippen molar-refractivity contribution < 1.29 is 28.6 Å². The molecule has 0 aliphatic heterocycles. The maximum absolute atomic E-state index is 12.9. The zero-order valence-electron chi connectivity index (χ0n) is 50.8. The predicted octanol–water partition coefficient (Wildman–Crippen LogP) is 22.1. The number of unbranched alkanes of at least 4 members (excludes halogenated alkanes) is 19. The summed E-state index contributed by atoms with van der Waals surface area (Å²) in [4.78, 5) is 38.3. The van der Waals surface area contributed by atoms with Crippen LogP contribution in [-0.2, 0) is 28.6 Å². The van der Waals surface area contributed by atoms with Gasteiger partial charge in [-0.15, -0.1) is 0 Å². The fourth-order valence-corrected chi connectivity index (χ4v) is 8.31. The molecule has 0 amide bonds. The smallest absolute Gasteiger partial charge is 0.306 e. The van der Waals surface area contributed by atoms with Gasteiger partial charge in [0.05, 0.1) is 0 Å². The molecule has 6 heteroatoms. The largest absolute Gasteiger partial charge is 0.462 e. The van der Waals surface area contributed by atoms with Crippen LogP contribution < -0.4 is 0 Å². The lowest BCUT2D eigenvalue weighted by Gasteiger charge is -2.18. The Bertz CT molecular complexity index is 1780. The van der Waals surface area contributed by atoms with Crippen LogP contribution in [0.15, 0.2) is 158 Å². The average molecular weight is 1090 g/mol. The van der Waals surface area contributed by atoms with E-state index in [2.05, 4.69) is 179 Å². The molecule has 0 rings (SSSR count). The van der Waals surface area contributed by atoms with Gasteiger partial charge in [-0.05, 0) is 128 Å². The van der Waals surface area contributed by atoms with Crippen LogP contribution in [0.5, 0.6) is 0 Å². The Hall–Kier alpha value is -4.97. The third kappa shape index (κ3) is 63.7. The molecule has 0 spiro atoms. The second kappa shape index (κ2) is 65.5. The van der Waals surface area contributed by atoms with Crippen molar-refractivity contribution in [3.8, 4) is 0 Å². The lowest BCUT2D eigenvalue weighted by molar-refractivity contribution is -0.167. The summed E-state index contributed by atoms with van der Waals surface area (Å²) in [6, 6.07) is 0. The number of allylic oxidation sites excluding steroid dienone is 26. The van der Waals surface area contributed by atoms with Crippen molar-refractivity contribution in [1.82, 2.24) is 0 Å². The summed E-state index contributed by atoms with van der Waals surface area (Å²) in [5, 5.41) is 0. The molecule has 0 bridgehead atoms. The zero-order chi connectivity index (χ0) is 57.1. The normalized spacial score (nSPS) is 13.2. The summed E-state index contributed by atoms with van der Waals surface area (Å²) in [6.45, 7) is 6.36. The van der Waals surface area contributed by atoms with Crippen molar-refractivity contribution in [2.45, 2.75) is 271 Å². The quantitative estimate of drug-likeness (QED) is 0.0261. The van der Waals surface area contributed by atoms with Crippen LogP contribution >= 0.6 is 0 Å². The number of carbonyl (C=O) groups excluding carboxylic acids is 3. The van der Waals surface area contributed by atoms with Gasteiger partial charge in [0.25, 0.3) is 0 Å². The first-order chi connectivity index (χ1) is 39.0. The number of rotatable bonds is 56. The van der Waals surface area contributed by atoms with Gasteiger partial charge in [0.1, 0.15) is 13.2 Å². The van der Waals surface area contributed by atoms with Gasteiger partial charge < -0.3 is 14.2 Å². The minimum absolute atomic E-state index is 0.0996. The van der Waals surface area contributed by atoms with Gasteiger partial charge in [0.15, 0.2) is 6.10 Å². The number of ether oxygens (including phenoxy) is 3. The topological polar surface area (TPSA) is 78.9 Å². The highest BCUT2D eigenvalue weighted by molar-refractivity contribution is 5.71. The third-order valence-corrected chi connectivity index (χ3v) is 13.0. The maximum atomic E-state index is 12.9. The lowest BCUT2D eigenvalue weighted by atomic mass is 10.1. The van der Waals surface area contributed by atoms with Crippen molar-refractivity contribution in [3.63, 3.8) is 0 Å². The van der Waals surface area contributed by atoms with Gasteiger partial charge in [0, 0.05) is 19.3 Å². The molecule has 0 N–H and O–H groups in total. The summed E-state index contributed by atoms with van der Waals surface area (Å²) in [7, 11) is 0. The predicted molar refractivity (Wildman–Crippen MR) is 343 cm³/mol. The molecule has 444 valence electrons. The molecular formula is C73H116O6. The summed E-state index contributed by atoms with van der Waals surface area (Å²) < 4.78 is 16.9. The fraction of sp³-hybridized carbons (Fsp3) is 0.603. The maximum Gasteiger partial charge on any atom is 0.306 e. The highest BCUT2D eigenvalue weighted by Crippen LogP contribution is 2.14. The van der Waals surface area contributed by atoms with Gasteiger partial charge >= 0.3 is 17.9 Å². The third-order valence-electron chi connectivity index (χ3n) is 13.0. The van der Waals surface area contributed by atoms with E-state index in [1.165, 1.54) is 64.2 Å². The van der Waals surface area contributed by atoms with Gasteiger partial charge in [0.2, 0.25) is 0 Å². The summed E-state index contributed by atoms with van der Waals surface area (Å²) in [6.07, 6.45) is 95.3. The molecule has 0 saturated heterocycles. The first-order valence-electron chi connectivity index (χ1n) is 32.0. The van der Waals surface area contributed by atoms with E-state index in [0.717, 1.165) is 161 Å². The van der Waals surface area contributed by atoms with E-state index < -0.39 is 6.10 Å². The van der Waals surface area contributed by atoms with Crippen molar-refractivity contribution >= 4 is 17.9 Å². The van der Waals surface area contributed by atoms with Gasteiger partial charge in [-0.2, -0.15) is 0 Å². The van der Waals surface area contributed by atoms with Crippen molar-refractivity contribution in [2.24, 2.45) is 0 Å². The molecule has 0 radical (unpaired) electrons. The van der Waals surface area contributed by atoms with Crippen LogP contribution in [0.3, 0.4) is 0 Å². The van der Waals surface area contributed by atoms with Crippen LogP contribution in [0, 0.1) is 0 Å². The molecule has 0 aliphatic rings. The Morgan fingerprint density at radius 2 is 0.494 bits per heavy atom. The minimum atomic E-state index is -0.807. The van der Waals surface area contributed by atoms with Crippen LogP contribution in [-0.4, -0.2) is 37.2 Å². The molecule has 79 heavy (non-hydrogen) atoms. The van der Waals surface area contributed by atoms with E-state index in [-0.39, 0.29) is 31.1 Å². The molecule has 0 aromatic heterocycles. The second-order valence-electron chi connectivity index (χ2n) is 20.6. The van der Waals surface area contributed by atoms with E-state index in [1.807, 2.05) is 0 Å². The van der Waals surface area contributed by atoms with Gasteiger partial charge in [-0.3, -0.25) is 14.4 Å². The summed E-state index contributed by atoms with van der Waals surface area (Å²) in [5.41, 5.74) is 0. The lowest BCUT2D eigenvalue weighted by Crippen LogP contribution is -2.30. The molecular weight excluding hydrogens is 973 g/mol. The number of hydrogen-bond donors (Lipinski definition) is 0. The van der Waals surface area contributed by atoms with Crippen LogP contribution in [0.4, 0.5) is 0 Å². The van der Waals surface area contributed by atoms with E-state index in [1.54, 1.807) is 0 Å². The first-order valence-corrected chi connectivity index (χ1v) is 32.0. The molecule has 0 saturated carbocycles. The van der Waals surface area contributed by atoms with E-state index >= 15 is 0 Å². The number of esters is 3. The van der Waals surface area contributed by atoms with Gasteiger partial charge in [-0.1, -0.05) is 275 Å². The molecule has 0 fully saturated rings. The molecule has 1 atom stereocenters. The number of carbonyl (C=O) groups is 3. The Kier molecular flexibility index (Phi) is 61.4. The van der Waals surface area contributed by atoms with Crippen LogP contribution in [0.25, 0.3) is 0 Å². The van der Waals surface area contributed by atoms with E-state index in [0.29, 0.717) is 19.3 Å². The Balaban J connectivity index is 4.43. The first kappa shape index (κ1) is 74.0. The molecule has 6 nitrogen and oxygen atoms in total. The van der Waals surface area contributed by atoms with E-state index in [9.17, 15) is 14.4 Å². The Morgan fingerprint density at radius 3 is 0.785 bits per heavy atom. The highest BCUT2D eigenvalue weighted by atomic mass is 16.6. The summed E-state index contributed by atoms with van der Waals surface area (Å²) >= 11 is 0. The molecule has 0 aliphatic carbocycles. The monoisotopic (exact) mass is 1090 g/mol. The Labute approximate surface area is 486 Å². The minimum Gasteiger partial charge on any atom is -0.462 e. The standard InChI is InChI=1S/C73H116O6/c1-4-7-10-13-16-19-22-24-26-28-30-32-34-36-38-40-42-44-46-48-51-54-57-60-63-66-72(75)78-69-70(68-77-71(74)65-62-59-56-53-50-21-18-15-12-9-6-3)79-73(76)67-64-61-58-55-52-49-47-45-43-41-39-37-35-33-31-29-27-25-23-20-17-14-11-8-5-2/h7-8,10-11,16-17,19-20,24-27,30-33,36-39,42-45,48,51,70H,4-6,9,12-15,18,21-23,28-29,34-35,40-41,46-47,49-50,52-69H2,1-3H3/b10-7-,11-8-,19-16-,20-17-,26-24-,27-25-,32-30-,33-31-,38-36-,39-37-,44-42-,45-43-,51-48-. The summed E-state index contributed by atoms with van der Waals surface area (Å²) in [5.74, 6) is -0.952. The Morgan fingerprint density at radius 1 is 0.266 bits per heavy atom. The van der Waals surface area contributed by atoms with Crippen LogP contribution in [0.1, 0.15) is 265 Å². The van der Waals surface area contributed by atoms with E-state index in [4.69, 9.17) is 14.2 Å². The number of hydrogen-bond acceptors (Lipinski definition) is 6. The van der Waals surface area contributed by atoms with Crippen molar-refractivity contribution in [2.75, 3.05) is 13.2 Å².